The van der Waals surface area contributed by atoms with E-state index in [2.05, 4.69) is 4.79 Å². The van der Waals surface area contributed by atoms with Crippen molar-refractivity contribution in [2.45, 2.75) is 0 Å². The topological polar surface area (TPSA) is 53.5 Å². The summed E-state index contributed by atoms with van der Waals surface area (Å²) in [6, 6.07) is 11.9. The first kappa shape index (κ1) is 13.6. The molecule has 2 aromatic rings. The predicted molar refractivity (Wildman–Crippen MR) is 78.6 cm³/mol. The van der Waals surface area contributed by atoms with E-state index in [-0.39, 0.29) is 5.56 Å². The van der Waals surface area contributed by atoms with Gasteiger partial charge in [0.05, 0.1) is 3.57 Å². The molecule has 0 aromatic heterocycles. The van der Waals surface area contributed by atoms with E-state index in [1.807, 2.05) is 52.9 Å². The molecule has 94 valence electrons. The average Bonchev–Trinajstić information content (AvgIpc) is 2.43. The summed E-state index contributed by atoms with van der Waals surface area (Å²) >= 11 is 1.90. The molecular weight excluding hydrogens is 358 g/mol. The molecule has 5 heteroatoms. The Kier molecular flexibility index (Phi) is 4.19. The molecule has 0 spiro atoms. The van der Waals surface area contributed by atoms with Gasteiger partial charge in [0.25, 0.3) is 5.78 Å². The Labute approximate surface area is 122 Å². The highest BCUT2D eigenvalue weighted by Crippen LogP contribution is 2.28. The van der Waals surface area contributed by atoms with Crippen molar-refractivity contribution < 1.29 is 14.0 Å². The minimum atomic E-state index is -0.546. The first-order valence-corrected chi connectivity index (χ1v) is 6.47. The van der Waals surface area contributed by atoms with Gasteiger partial charge in [-0.3, -0.25) is 4.79 Å². The maximum absolute atomic E-state index is 13.9. The van der Waals surface area contributed by atoms with Crippen LogP contribution in [0.4, 0.5) is 4.39 Å². The van der Waals surface area contributed by atoms with Gasteiger partial charge in [0.1, 0.15) is 5.82 Å². The second kappa shape index (κ2) is 5.86. The number of nitrogens with zero attached hydrogens (tertiary/aromatic N) is 2. The monoisotopic (exact) mass is 366 g/mol. The van der Waals surface area contributed by atoms with Gasteiger partial charge >= 0.3 is 6.21 Å². The van der Waals surface area contributed by atoms with Gasteiger partial charge in [0.2, 0.25) is 0 Å². The fourth-order valence-corrected chi connectivity index (χ4v) is 2.31. The van der Waals surface area contributed by atoms with Gasteiger partial charge in [0, 0.05) is 5.56 Å². The molecule has 0 amide bonds. The van der Waals surface area contributed by atoms with Crippen LogP contribution < -0.4 is 0 Å². The van der Waals surface area contributed by atoms with Crippen LogP contribution in [0, 0.1) is 9.39 Å². The molecule has 0 fully saturated rings. The van der Waals surface area contributed by atoms with Crippen molar-refractivity contribution in [1.82, 2.24) is 0 Å². The fourth-order valence-electron chi connectivity index (χ4n) is 1.69. The summed E-state index contributed by atoms with van der Waals surface area (Å²) in [5.74, 6) is -1.02. The Morgan fingerprint density at radius 1 is 1.26 bits per heavy atom. The highest BCUT2D eigenvalue weighted by Gasteiger charge is 2.15. The molecule has 2 aromatic carbocycles. The number of carbonyl (C=O) groups excluding carboxylic acids is 1. The van der Waals surface area contributed by atoms with E-state index in [9.17, 15) is 9.18 Å². The highest BCUT2D eigenvalue weighted by molar-refractivity contribution is 14.1. The first-order chi connectivity index (χ1) is 9.13. The highest BCUT2D eigenvalue weighted by atomic mass is 127. The Balaban J connectivity index is 2.61. The molecule has 0 radical (unpaired) electrons. The van der Waals surface area contributed by atoms with Crippen LogP contribution in [-0.4, -0.2) is 16.8 Å². The molecule has 3 nitrogen and oxygen atoms in total. The molecule has 0 unspecified atom stereocenters. The molecule has 2 rings (SSSR count). The lowest BCUT2D eigenvalue weighted by Gasteiger charge is -2.07. The van der Waals surface area contributed by atoms with E-state index in [1.54, 1.807) is 6.07 Å². The van der Waals surface area contributed by atoms with Gasteiger partial charge in [-0.2, -0.15) is 4.79 Å². The summed E-state index contributed by atoms with van der Waals surface area (Å²) in [6.45, 7) is 0. The number of hydrogen-bond acceptors (Lipinski definition) is 1. The lowest BCUT2D eigenvalue weighted by Crippen LogP contribution is -2.03. The maximum Gasteiger partial charge on any atom is 0.328 e. The Hall–Kier alpha value is -1.85. The van der Waals surface area contributed by atoms with E-state index >= 15 is 0 Å². The van der Waals surface area contributed by atoms with Crippen LogP contribution in [0.2, 0.25) is 0 Å². The number of benzene rings is 2. The molecule has 0 bridgehead atoms. The van der Waals surface area contributed by atoms with Crippen molar-refractivity contribution in [1.29, 1.82) is 0 Å². The van der Waals surface area contributed by atoms with Crippen LogP contribution in [0.1, 0.15) is 10.4 Å². The summed E-state index contributed by atoms with van der Waals surface area (Å²) < 4.78 is 14.3. The van der Waals surface area contributed by atoms with Crippen molar-refractivity contribution >= 4 is 34.6 Å². The fraction of sp³-hybridized carbons (Fsp3) is 0. The largest absolute Gasteiger partial charge is 0.361 e. The SMILES string of the molecule is [N-]=[N+]=CC(=O)c1cc(F)c(I)c(-c2ccccc2)c1. The third-order valence-electron chi connectivity index (χ3n) is 2.57. The van der Waals surface area contributed by atoms with Crippen molar-refractivity contribution in [3.05, 3.63) is 62.9 Å². The smallest absolute Gasteiger partial charge is 0.328 e. The summed E-state index contributed by atoms with van der Waals surface area (Å²) in [5.41, 5.74) is 9.97. The Morgan fingerprint density at radius 2 is 1.95 bits per heavy atom. The molecule has 0 saturated heterocycles. The van der Waals surface area contributed by atoms with Crippen molar-refractivity contribution in [2.75, 3.05) is 0 Å². The molecular formula is C14H8FIN2O. The van der Waals surface area contributed by atoms with Gasteiger partial charge in [-0.1, -0.05) is 30.3 Å². The van der Waals surface area contributed by atoms with E-state index in [4.69, 9.17) is 5.53 Å². The Morgan fingerprint density at radius 3 is 2.58 bits per heavy atom. The average molecular weight is 366 g/mol. The van der Waals surface area contributed by atoms with Gasteiger partial charge in [-0.25, -0.2) is 4.39 Å². The first-order valence-electron chi connectivity index (χ1n) is 5.39. The van der Waals surface area contributed by atoms with E-state index in [0.29, 0.717) is 9.13 Å². The summed E-state index contributed by atoms with van der Waals surface area (Å²) in [7, 11) is 0. The summed E-state index contributed by atoms with van der Waals surface area (Å²) in [5, 5.41) is 0. The maximum atomic E-state index is 13.9. The number of carbonyl (C=O) groups is 1. The lowest BCUT2D eigenvalue weighted by atomic mass is 10.0. The van der Waals surface area contributed by atoms with Crippen molar-refractivity contribution in [3.8, 4) is 11.1 Å². The quantitative estimate of drug-likeness (QED) is 0.269. The second-order valence-electron chi connectivity index (χ2n) is 3.79. The molecule has 0 aliphatic carbocycles. The minimum Gasteiger partial charge on any atom is -0.361 e. The van der Waals surface area contributed by atoms with Gasteiger partial charge in [0.15, 0.2) is 0 Å². The number of hydrogen-bond donors (Lipinski definition) is 0. The van der Waals surface area contributed by atoms with Gasteiger partial charge < -0.3 is 5.53 Å². The van der Waals surface area contributed by atoms with Crippen LogP contribution in [0.25, 0.3) is 16.7 Å². The van der Waals surface area contributed by atoms with Crippen LogP contribution in [-0.2, 0) is 0 Å². The number of halogens is 2. The van der Waals surface area contributed by atoms with Crippen molar-refractivity contribution in [3.63, 3.8) is 0 Å². The third kappa shape index (κ3) is 2.94. The molecule has 0 aliphatic rings. The summed E-state index contributed by atoms with van der Waals surface area (Å²) in [4.78, 5) is 14.3. The predicted octanol–water partition coefficient (Wildman–Crippen LogP) is 3.58. The minimum absolute atomic E-state index is 0.148. The van der Waals surface area contributed by atoms with Gasteiger partial charge in [-0.15, -0.1) is 0 Å². The zero-order chi connectivity index (χ0) is 13.8. The Bertz CT molecular complexity index is 679. The van der Waals surface area contributed by atoms with Crippen LogP contribution in [0.3, 0.4) is 0 Å². The molecule has 0 saturated carbocycles. The zero-order valence-electron chi connectivity index (χ0n) is 9.68. The van der Waals surface area contributed by atoms with E-state index < -0.39 is 11.6 Å². The number of Topliss-reactive ketones (excluding diaryl/α,β-unsaturated/α-hetero) is 1. The molecule has 0 aliphatic heterocycles. The van der Waals surface area contributed by atoms with Crippen LogP contribution >= 0.6 is 22.6 Å². The normalized spacial score (nSPS) is 9.79. The molecule has 0 N–H and O–H groups in total. The summed E-state index contributed by atoms with van der Waals surface area (Å²) in [6.07, 6.45) is 0.746. The van der Waals surface area contributed by atoms with Crippen molar-refractivity contribution in [2.24, 2.45) is 0 Å². The van der Waals surface area contributed by atoms with Gasteiger partial charge in [-0.05, 0) is 45.9 Å². The molecule has 0 atom stereocenters. The van der Waals surface area contributed by atoms with Crippen LogP contribution in [0.5, 0.6) is 0 Å². The third-order valence-corrected chi connectivity index (χ3v) is 3.67. The number of ketones is 1. The van der Waals surface area contributed by atoms with E-state index in [1.165, 1.54) is 0 Å². The van der Waals surface area contributed by atoms with Crippen LogP contribution in [0.15, 0.2) is 42.5 Å². The molecule has 19 heavy (non-hydrogen) atoms. The van der Waals surface area contributed by atoms with E-state index in [0.717, 1.165) is 17.8 Å². The number of rotatable bonds is 3. The standard InChI is InChI=1S/C14H8FIN2O/c15-12-7-10(13(19)8-18-17)6-11(14(12)16)9-4-2-1-3-5-9/h1-8H. The second-order valence-corrected chi connectivity index (χ2v) is 4.87. The lowest BCUT2D eigenvalue weighted by molar-refractivity contribution is 0.00234. The molecule has 0 heterocycles. The zero-order valence-corrected chi connectivity index (χ0v) is 11.8.